The van der Waals surface area contributed by atoms with Crippen molar-refractivity contribution in [2.45, 2.75) is 6.61 Å². The van der Waals surface area contributed by atoms with E-state index in [0.29, 0.717) is 17.1 Å². The van der Waals surface area contributed by atoms with E-state index < -0.39 is 5.69 Å². The van der Waals surface area contributed by atoms with E-state index >= 15 is 0 Å². The summed E-state index contributed by atoms with van der Waals surface area (Å²) in [4.78, 5) is 14.7. The Labute approximate surface area is 153 Å². The highest BCUT2D eigenvalue weighted by atomic mass is 19.1. The molecule has 3 aromatic rings. The Morgan fingerprint density at radius 1 is 1.26 bits per heavy atom. The van der Waals surface area contributed by atoms with E-state index in [4.69, 9.17) is 9.47 Å². The molecule has 0 bridgehead atoms. The van der Waals surface area contributed by atoms with E-state index in [1.54, 1.807) is 36.4 Å². The van der Waals surface area contributed by atoms with Crippen LogP contribution < -0.4 is 20.6 Å². The van der Waals surface area contributed by atoms with Crippen molar-refractivity contribution in [2.75, 3.05) is 12.5 Å². The first kappa shape index (κ1) is 18.1. The molecule has 0 fully saturated rings. The molecule has 0 radical (unpaired) electrons. The molecule has 0 aliphatic heterocycles. The highest BCUT2D eigenvalue weighted by Gasteiger charge is 2.07. The molecule has 0 spiro atoms. The number of methoxy groups -OCH3 is 1. The molecule has 9 heteroatoms. The molecule has 27 heavy (non-hydrogen) atoms. The molecule has 8 nitrogen and oxygen atoms in total. The third kappa shape index (κ3) is 4.88. The Morgan fingerprint density at radius 2 is 2.11 bits per heavy atom. The molecule has 0 saturated carbocycles. The summed E-state index contributed by atoms with van der Waals surface area (Å²) >= 11 is 0. The third-order valence-electron chi connectivity index (χ3n) is 3.49. The fourth-order valence-electron chi connectivity index (χ4n) is 2.19. The van der Waals surface area contributed by atoms with Crippen LogP contribution in [-0.2, 0) is 6.61 Å². The van der Waals surface area contributed by atoms with Gasteiger partial charge in [-0.1, -0.05) is 18.2 Å². The fourth-order valence-corrected chi connectivity index (χ4v) is 2.19. The predicted octanol–water partition coefficient (Wildman–Crippen LogP) is 2.34. The minimum atomic E-state index is -0.576. The number of H-pyrrole nitrogens is 1. The van der Waals surface area contributed by atoms with Crippen LogP contribution in [0.15, 0.2) is 58.6 Å². The summed E-state index contributed by atoms with van der Waals surface area (Å²) < 4.78 is 24.6. The van der Waals surface area contributed by atoms with E-state index in [2.05, 4.69) is 25.7 Å². The van der Waals surface area contributed by atoms with Crippen LogP contribution in [0.4, 0.5) is 10.2 Å². The summed E-state index contributed by atoms with van der Waals surface area (Å²) in [5, 5.41) is 9.75. The van der Waals surface area contributed by atoms with Gasteiger partial charge in [-0.25, -0.2) is 14.3 Å². The summed E-state index contributed by atoms with van der Waals surface area (Å²) in [5.41, 5.74) is 3.20. The monoisotopic (exact) mass is 369 g/mol. The van der Waals surface area contributed by atoms with Crippen LogP contribution in [0.25, 0.3) is 0 Å². The molecule has 3 rings (SSSR count). The number of aromatic amines is 1. The zero-order chi connectivity index (χ0) is 19.1. The number of halogens is 1. The summed E-state index contributed by atoms with van der Waals surface area (Å²) in [7, 11) is 1.51. The Hall–Kier alpha value is -3.75. The highest BCUT2D eigenvalue weighted by Crippen LogP contribution is 2.28. The molecule has 0 aliphatic rings. The largest absolute Gasteiger partial charge is 0.493 e. The van der Waals surface area contributed by atoms with Crippen molar-refractivity contribution in [1.29, 1.82) is 0 Å². The number of aromatic nitrogens is 3. The standard InChI is InChI=1S/C18H16FN5O3/c1-26-16-8-12(9-20-23-17-10-21-24-18(25)22-17)6-7-15(16)27-11-13-4-2-3-5-14(13)19/h2-10H,11H2,1H3,(H2,22,23,24,25). The van der Waals surface area contributed by atoms with E-state index in [9.17, 15) is 9.18 Å². The Kier molecular flexibility index (Phi) is 5.73. The van der Waals surface area contributed by atoms with Gasteiger partial charge >= 0.3 is 5.69 Å². The maximum absolute atomic E-state index is 13.7. The van der Waals surface area contributed by atoms with Crippen molar-refractivity contribution >= 4 is 12.0 Å². The third-order valence-corrected chi connectivity index (χ3v) is 3.49. The van der Waals surface area contributed by atoms with Gasteiger partial charge in [0.05, 0.1) is 19.5 Å². The maximum atomic E-state index is 13.7. The topological polar surface area (TPSA) is 101 Å². The fraction of sp³-hybridized carbons (Fsp3) is 0.111. The van der Waals surface area contributed by atoms with E-state index in [-0.39, 0.29) is 18.2 Å². The molecule has 0 saturated heterocycles. The molecule has 0 aliphatic carbocycles. The number of hydrazone groups is 1. The van der Waals surface area contributed by atoms with Crippen molar-refractivity contribution in [3.05, 3.63) is 76.1 Å². The molecule has 1 aromatic heterocycles. The number of nitrogens with zero attached hydrogens (tertiary/aromatic N) is 3. The Bertz CT molecular complexity index is 1010. The van der Waals surface area contributed by atoms with Crippen molar-refractivity contribution in [2.24, 2.45) is 5.10 Å². The van der Waals surface area contributed by atoms with Gasteiger partial charge in [0, 0.05) is 5.56 Å². The summed E-state index contributed by atoms with van der Waals surface area (Å²) in [6, 6.07) is 11.6. The van der Waals surface area contributed by atoms with Crippen molar-refractivity contribution in [3.63, 3.8) is 0 Å². The second-order valence-corrected chi connectivity index (χ2v) is 5.33. The molecular weight excluding hydrogens is 353 g/mol. The van der Waals surface area contributed by atoms with Gasteiger partial charge in [0.1, 0.15) is 12.4 Å². The van der Waals surface area contributed by atoms with Gasteiger partial charge in [-0.2, -0.15) is 15.2 Å². The number of hydrogen-bond acceptors (Lipinski definition) is 7. The Morgan fingerprint density at radius 3 is 2.89 bits per heavy atom. The first-order valence-electron chi connectivity index (χ1n) is 7.91. The predicted molar refractivity (Wildman–Crippen MR) is 97.6 cm³/mol. The van der Waals surface area contributed by atoms with Gasteiger partial charge in [-0.3, -0.25) is 5.43 Å². The van der Waals surface area contributed by atoms with Gasteiger partial charge < -0.3 is 9.47 Å². The van der Waals surface area contributed by atoms with E-state index in [1.807, 2.05) is 0 Å². The van der Waals surface area contributed by atoms with Crippen molar-refractivity contribution in [1.82, 2.24) is 15.2 Å². The molecule has 138 valence electrons. The zero-order valence-corrected chi connectivity index (χ0v) is 14.3. The van der Waals surface area contributed by atoms with Gasteiger partial charge in [-0.05, 0) is 29.8 Å². The van der Waals surface area contributed by atoms with Crippen LogP contribution in [0.5, 0.6) is 11.5 Å². The SMILES string of the molecule is COc1cc(C=NNc2cn[nH]c(=O)n2)ccc1OCc1ccccc1F. The average Bonchev–Trinajstić information content (AvgIpc) is 2.68. The lowest BCUT2D eigenvalue weighted by Gasteiger charge is -2.11. The van der Waals surface area contributed by atoms with Gasteiger partial charge in [0.25, 0.3) is 0 Å². The lowest BCUT2D eigenvalue weighted by molar-refractivity contribution is 0.279. The van der Waals surface area contributed by atoms with Gasteiger partial charge in [0.2, 0.25) is 0 Å². The molecule has 2 N–H and O–H groups in total. The smallest absolute Gasteiger partial charge is 0.363 e. The number of ether oxygens (including phenoxy) is 2. The second kappa shape index (κ2) is 8.56. The summed E-state index contributed by atoms with van der Waals surface area (Å²) in [6.45, 7) is 0.0826. The van der Waals surface area contributed by atoms with Crippen LogP contribution in [0, 0.1) is 5.82 Å². The first-order chi connectivity index (χ1) is 13.2. The van der Waals surface area contributed by atoms with E-state index in [1.165, 1.54) is 25.6 Å². The molecular formula is C18H16FN5O3. The second-order valence-electron chi connectivity index (χ2n) is 5.33. The lowest BCUT2D eigenvalue weighted by Crippen LogP contribution is -2.13. The number of nitrogens with one attached hydrogen (secondary N) is 2. The maximum Gasteiger partial charge on any atom is 0.363 e. The molecule has 1 heterocycles. The first-order valence-corrected chi connectivity index (χ1v) is 7.91. The van der Waals surface area contributed by atoms with Crippen molar-refractivity contribution in [3.8, 4) is 11.5 Å². The number of anilines is 1. The average molecular weight is 369 g/mol. The zero-order valence-electron chi connectivity index (χ0n) is 14.3. The number of rotatable bonds is 7. The minimum absolute atomic E-state index is 0.0826. The minimum Gasteiger partial charge on any atom is -0.493 e. The van der Waals surface area contributed by atoms with Crippen LogP contribution in [0.3, 0.4) is 0 Å². The summed E-state index contributed by atoms with van der Waals surface area (Å²) in [6.07, 6.45) is 2.85. The van der Waals surface area contributed by atoms with E-state index in [0.717, 1.165) is 5.56 Å². The van der Waals surface area contributed by atoms with Crippen LogP contribution in [0.1, 0.15) is 11.1 Å². The molecule has 0 atom stereocenters. The highest BCUT2D eigenvalue weighted by molar-refractivity contribution is 5.81. The van der Waals surface area contributed by atoms with Gasteiger partial charge in [0.15, 0.2) is 17.3 Å². The van der Waals surface area contributed by atoms with Crippen LogP contribution in [-0.4, -0.2) is 28.5 Å². The van der Waals surface area contributed by atoms with Crippen LogP contribution in [0.2, 0.25) is 0 Å². The lowest BCUT2D eigenvalue weighted by atomic mass is 10.2. The van der Waals surface area contributed by atoms with Crippen molar-refractivity contribution < 1.29 is 13.9 Å². The normalized spacial score (nSPS) is 10.7. The molecule has 2 aromatic carbocycles. The van der Waals surface area contributed by atoms with Crippen LogP contribution >= 0.6 is 0 Å². The quantitative estimate of drug-likeness (QED) is 0.490. The van der Waals surface area contributed by atoms with Gasteiger partial charge in [-0.15, -0.1) is 0 Å². The number of benzene rings is 2. The molecule has 0 unspecified atom stereocenters. The number of hydrogen-bond donors (Lipinski definition) is 2. The summed E-state index contributed by atoms with van der Waals surface area (Å²) in [5.74, 6) is 0.846. The Balaban J connectivity index is 1.67. The molecule has 0 amide bonds.